The third-order valence-corrected chi connectivity index (χ3v) is 2.47. The maximum absolute atomic E-state index is 11.2. The highest BCUT2D eigenvalue weighted by Crippen LogP contribution is 2.16. The second kappa shape index (κ2) is 4.86. The fourth-order valence-corrected chi connectivity index (χ4v) is 1.63. The maximum atomic E-state index is 11.2. The quantitative estimate of drug-likeness (QED) is 0.814. The van der Waals surface area contributed by atoms with Gasteiger partial charge >= 0.3 is 5.97 Å². The number of rotatable bonds is 4. The van der Waals surface area contributed by atoms with Gasteiger partial charge in [0.05, 0.1) is 24.0 Å². The molecule has 1 aromatic heterocycles. The van der Waals surface area contributed by atoms with Crippen molar-refractivity contribution < 1.29 is 9.53 Å². The lowest BCUT2D eigenvalue weighted by atomic mass is 10.2. The van der Waals surface area contributed by atoms with Crippen LogP contribution >= 0.6 is 0 Å². The first-order chi connectivity index (χ1) is 8.20. The normalized spacial score (nSPS) is 10.5. The van der Waals surface area contributed by atoms with Crippen molar-refractivity contribution in [3.8, 4) is 0 Å². The molecule has 17 heavy (non-hydrogen) atoms. The van der Waals surface area contributed by atoms with Gasteiger partial charge in [-0.1, -0.05) is 0 Å². The number of hydrogen-bond donors (Lipinski definition) is 1. The van der Waals surface area contributed by atoms with E-state index >= 15 is 0 Å². The van der Waals surface area contributed by atoms with Crippen LogP contribution in [0.15, 0.2) is 24.5 Å². The van der Waals surface area contributed by atoms with E-state index in [2.05, 4.69) is 10.3 Å². The van der Waals surface area contributed by atoms with Crippen LogP contribution in [0.2, 0.25) is 0 Å². The van der Waals surface area contributed by atoms with Crippen LogP contribution in [0.25, 0.3) is 11.0 Å². The summed E-state index contributed by atoms with van der Waals surface area (Å²) >= 11 is 0. The van der Waals surface area contributed by atoms with Crippen LogP contribution in [0.4, 0.5) is 5.69 Å². The monoisotopic (exact) mass is 233 g/mol. The van der Waals surface area contributed by atoms with Crippen molar-refractivity contribution in [3.63, 3.8) is 0 Å². The second-order valence-corrected chi connectivity index (χ2v) is 3.72. The van der Waals surface area contributed by atoms with E-state index in [9.17, 15) is 4.79 Å². The molecule has 0 saturated carbocycles. The molecule has 0 unspecified atom stereocenters. The summed E-state index contributed by atoms with van der Waals surface area (Å²) in [6.07, 6.45) is 1.76. The van der Waals surface area contributed by atoms with Crippen LogP contribution in [-0.4, -0.2) is 28.7 Å². The van der Waals surface area contributed by atoms with Crippen LogP contribution in [0, 0.1) is 0 Å². The number of fused-ring (bicyclic) bond motifs is 1. The first-order valence-electron chi connectivity index (χ1n) is 5.51. The summed E-state index contributed by atoms with van der Waals surface area (Å²) in [5.74, 6) is -0.256. The van der Waals surface area contributed by atoms with Crippen LogP contribution in [0.5, 0.6) is 0 Å². The smallest absolute Gasteiger partial charge is 0.325 e. The number of imidazole rings is 1. The summed E-state index contributed by atoms with van der Waals surface area (Å²) in [4.78, 5) is 15.4. The van der Waals surface area contributed by atoms with Crippen molar-refractivity contribution >= 4 is 22.7 Å². The molecule has 1 aromatic carbocycles. The minimum atomic E-state index is -0.256. The zero-order valence-corrected chi connectivity index (χ0v) is 9.93. The molecule has 0 aliphatic rings. The number of carbonyl (C=O) groups is 1. The predicted molar refractivity (Wildman–Crippen MR) is 65.8 cm³/mol. The predicted octanol–water partition coefficient (Wildman–Crippen LogP) is 1.55. The lowest BCUT2D eigenvalue weighted by molar-refractivity contribution is -0.140. The molecule has 0 bridgehead atoms. The average Bonchev–Trinajstić information content (AvgIpc) is 2.69. The van der Waals surface area contributed by atoms with Gasteiger partial charge in [0.15, 0.2) is 0 Å². The maximum Gasteiger partial charge on any atom is 0.325 e. The lowest BCUT2D eigenvalue weighted by Crippen LogP contribution is -2.16. The highest BCUT2D eigenvalue weighted by Gasteiger charge is 2.03. The number of hydrogen-bond acceptors (Lipinski definition) is 4. The van der Waals surface area contributed by atoms with E-state index in [1.54, 1.807) is 13.3 Å². The van der Waals surface area contributed by atoms with Crippen molar-refractivity contribution in [2.45, 2.75) is 6.92 Å². The fourth-order valence-electron chi connectivity index (χ4n) is 1.63. The molecule has 0 aliphatic carbocycles. The molecule has 1 N–H and O–H groups in total. The van der Waals surface area contributed by atoms with Crippen LogP contribution in [0.1, 0.15) is 6.92 Å². The average molecular weight is 233 g/mol. The van der Waals surface area contributed by atoms with E-state index < -0.39 is 0 Å². The summed E-state index contributed by atoms with van der Waals surface area (Å²) in [6.45, 7) is 2.36. The van der Waals surface area contributed by atoms with Crippen LogP contribution in [0.3, 0.4) is 0 Å². The molecule has 0 atom stereocenters. The topological polar surface area (TPSA) is 56.1 Å². The van der Waals surface area contributed by atoms with E-state index in [1.807, 2.05) is 29.8 Å². The van der Waals surface area contributed by atoms with E-state index in [4.69, 9.17) is 4.74 Å². The second-order valence-electron chi connectivity index (χ2n) is 3.72. The molecular formula is C12H15N3O2. The van der Waals surface area contributed by atoms with Gasteiger partial charge in [0.2, 0.25) is 0 Å². The number of aryl methyl sites for hydroxylation is 1. The van der Waals surface area contributed by atoms with Gasteiger partial charge in [0.1, 0.15) is 6.54 Å². The molecule has 0 radical (unpaired) electrons. The molecule has 0 aliphatic heterocycles. The molecule has 0 saturated heterocycles. The standard InChI is InChI=1S/C12H15N3O2/c1-3-17-12(16)7-13-9-4-5-11-10(6-9)14-8-15(11)2/h4-6,8,13H,3,7H2,1-2H3. The highest BCUT2D eigenvalue weighted by atomic mass is 16.5. The van der Waals surface area contributed by atoms with Gasteiger partial charge in [0.25, 0.3) is 0 Å². The molecule has 1 heterocycles. The van der Waals surface area contributed by atoms with E-state index in [0.29, 0.717) is 6.61 Å². The SMILES string of the molecule is CCOC(=O)CNc1ccc2c(c1)ncn2C. The minimum absolute atomic E-state index is 0.173. The molecule has 2 aromatic rings. The van der Waals surface area contributed by atoms with Gasteiger partial charge < -0.3 is 14.6 Å². The summed E-state index contributed by atoms with van der Waals surface area (Å²) in [6, 6.07) is 5.80. The van der Waals surface area contributed by atoms with E-state index in [0.717, 1.165) is 16.7 Å². The number of esters is 1. The van der Waals surface area contributed by atoms with Gasteiger partial charge in [-0.2, -0.15) is 0 Å². The van der Waals surface area contributed by atoms with Gasteiger partial charge in [-0.15, -0.1) is 0 Å². The molecule has 5 nitrogen and oxygen atoms in total. The Balaban J connectivity index is 2.07. The third-order valence-electron chi connectivity index (χ3n) is 2.47. The summed E-state index contributed by atoms with van der Waals surface area (Å²) in [5, 5.41) is 3.01. The molecule has 5 heteroatoms. The highest BCUT2D eigenvalue weighted by molar-refractivity contribution is 5.81. The number of ether oxygens (including phenoxy) is 1. The Hall–Kier alpha value is -2.04. The third kappa shape index (κ3) is 2.55. The van der Waals surface area contributed by atoms with Crippen LogP contribution in [-0.2, 0) is 16.6 Å². The van der Waals surface area contributed by atoms with Crippen molar-refractivity contribution in [1.29, 1.82) is 0 Å². The van der Waals surface area contributed by atoms with Crippen molar-refractivity contribution in [3.05, 3.63) is 24.5 Å². The Labute approximate surface area is 99.4 Å². The Morgan fingerprint density at radius 1 is 1.53 bits per heavy atom. The Morgan fingerprint density at radius 2 is 2.35 bits per heavy atom. The van der Waals surface area contributed by atoms with Crippen molar-refractivity contribution in [2.24, 2.45) is 7.05 Å². The van der Waals surface area contributed by atoms with Crippen molar-refractivity contribution in [1.82, 2.24) is 9.55 Å². The molecular weight excluding hydrogens is 218 g/mol. The Kier molecular flexibility index (Phi) is 3.27. The zero-order chi connectivity index (χ0) is 12.3. The number of nitrogens with zero attached hydrogens (tertiary/aromatic N) is 2. The summed E-state index contributed by atoms with van der Waals surface area (Å²) < 4.78 is 6.78. The number of carbonyl (C=O) groups excluding carboxylic acids is 1. The molecule has 90 valence electrons. The molecule has 0 spiro atoms. The van der Waals surface area contributed by atoms with Crippen LogP contribution < -0.4 is 5.32 Å². The molecule has 0 amide bonds. The van der Waals surface area contributed by atoms with Crippen molar-refractivity contribution in [2.75, 3.05) is 18.5 Å². The van der Waals surface area contributed by atoms with Gasteiger partial charge in [-0.3, -0.25) is 4.79 Å². The fraction of sp³-hybridized carbons (Fsp3) is 0.333. The largest absolute Gasteiger partial charge is 0.465 e. The summed E-state index contributed by atoms with van der Waals surface area (Å²) in [7, 11) is 1.95. The van der Waals surface area contributed by atoms with E-state index in [1.165, 1.54) is 0 Å². The lowest BCUT2D eigenvalue weighted by Gasteiger charge is -2.05. The Bertz CT molecular complexity index is 534. The van der Waals surface area contributed by atoms with Gasteiger partial charge in [-0.25, -0.2) is 4.98 Å². The van der Waals surface area contributed by atoms with Gasteiger partial charge in [-0.05, 0) is 25.1 Å². The number of benzene rings is 1. The number of anilines is 1. The molecule has 2 rings (SSSR count). The van der Waals surface area contributed by atoms with Gasteiger partial charge in [0, 0.05) is 12.7 Å². The first kappa shape index (κ1) is 11.4. The first-order valence-corrected chi connectivity index (χ1v) is 5.51. The number of nitrogens with one attached hydrogen (secondary N) is 1. The number of aromatic nitrogens is 2. The zero-order valence-electron chi connectivity index (χ0n) is 9.93. The minimum Gasteiger partial charge on any atom is -0.465 e. The molecule has 0 fully saturated rings. The summed E-state index contributed by atoms with van der Waals surface area (Å²) in [5.41, 5.74) is 2.83. The Morgan fingerprint density at radius 3 is 3.12 bits per heavy atom. The van der Waals surface area contributed by atoms with E-state index in [-0.39, 0.29) is 12.5 Å².